The molecule has 3 atom stereocenters. The summed E-state index contributed by atoms with van der Waals surface area (Å²) in [4.78, 5) is 37.5. The molecular weight excluding hydrogens is 904 g/mol. The van der Waals surface area contributed by atoms with Gasteiger partial charge in [-0.05, 0) is 70.3 Å². The van der Waals surface area contributed by atoms with Crippen molar-refractivity contribution in [3.8, 4) is 0 Å². The molecule has 0 saturated heterocycles. The second-order valence-corrected chi connectivity index (χ2v) is 21.9. The van der Waals surface area contributed by atoms with Gasteiger partial charge in [-0.1, -0.05) is 241 Å². The number of nitrogens with one attached hydrogen (secondary N) is 1. The van der Waals surface area contributed by atoms with Crippen LogP contribution in [0.25, 0.3) is 0 Å². The maximum atomic E-state index is 13.5. The van der Waals surface area contributed by atoms with Crippen molar-refractivity contribution in [2.75, 3.05) is 40.9 Å². The first kappa shape index (κ1) is 68.2. The highest BCUT2D eigenvalue weighted by atomic mass is 31.2. The molecule has 410 valence electrons. The van der Waals surface area contributed by atoms with E-state index in [0.29, 0.717) is 17.4 Å². The van der Waals surface area contributed by atoms with Gasteiger partial charge in [0, 0.05) is 12.8 Å². The predicted octanol–water partition coefficient (Wildman–Crippen LogP) is 17.4. The molecule has 10 heteroatoms. The molecule has 0 rings (SSSR count). The normalized spacial score (nSPS) is 14.4. The zero-order valence-electron chi connectivity index (χ0n) is 46.7. The minimum absolute atomic E-state index is 0.0244. The van der Waals surface area contributed by atoms with Crippen LogP contribution in [0.4, 0.5) is 0 Å². The highest BCUT2D eigenvalue weighted by Gasteiger charge is 2.30. The van der Waals surface area contributed by atoms with E-state index >= 15 is 0 Å². The number of phosphoric acid groups is 1. The number of hydrogen-bond donors (Lipinski definition) is 2. The fourth-order valence-electron chi connectivity index (χ4n) is 7.90. The molecule has 0 aliphatic heterocycles. The highest BCUT2D eigenvalue weighted by molar-refractivity contribution is 7.47. The molecule has 3 unspecified atom stereocenters. The van der Waals surface area contributed by atoms with Crippen LogP contribution in [0.15, 0.2) is 85.1 Å². The molecule has 0 aromatic rings. The van der Waals surface area contributed by atoms with Crippen LogP contribution < -0.4 is 5.32 Å². The van der Waals surface area contributed by atoms with Crippen molar-refractivity contribution in [2.24, 2.45) is 0 Å². The number of amides is 1. The molecule has 0 bridgehead atoms. The van der Waals surface area contributed by atoms with Gasteiger partial charge >= 0.3 is 13.8 Å². The van der Waals surface area contributed by atoms with Gasteiger partial charge in [0.1, 0.15) is 19.3 Å². The number of phosphoric ester groups is 1. The van der Waals surface area contributed by atoms with Crippen molar-refractivity contribution in [1.82, 2.24) is 5.32 Å². The first-order valence-corrected chi connectivity index (χ1v) is 30.4. The average Bonchev–Trinajstić information content (AvgIpc) is 3.33. The number of carbonyl (C=O) groups excluding carboxylic acids is 2. The number of nitrogens with zero attached hydrogens (tertiary/aromatic N) is 1. The minimum Gasteiger partial charge on any atom is -0.456 e. The van der Waals surface area contributed by atoms with Crippen LogP contribution in [0.3, 0.4) is 0 Å². The van der Waals surface area contributed by atoms with Crippen LogP contribution in [-0.2, 0) is 27.9 Å². The van der Waals surface area contributed by atoms with E-state index < -0.39 is 20.0 Å². The first-order valence-electron chi connectivity index (χ1n) is 28.9. The lowest BCUT2D eigenvalue weighted by Gasteiger charge is -2.27. The van der Waals surface area contributed by atoms with Crippen molar-refractivity contribution in [3.63, 3.8) is 0 Å². The Morgan fingerprint density at radius 2 is 0.915 bits per heavy atom. The van der Waals surface area contributed by atoms with Gasteiger partial charge in [-0.2, -0.15) is 0 Å². The SMILES string of the molecule is CC/C=C\C/C=C\C/C=C\C/C=C\C/C=C\C/C=C\CCC(=O)NC(COP(=O)(O)OCC[N+](C)(C)C)C(/C=C\CCCCCCCCCCCC)OC(=O)CCCCCCCCCCCCCCCC. The highest BCUT2D eigenvalue weighted by Crippen LogP contribution is 2.43. The Kier molecular flexibility index (Phi) is 48.7. The molecule has 9 nitrogen and oxygen atoms in total. The van der Waals surface area contributed by atoms with E-state index in [1.165, 1.54) is 122 Å². The van der Waals surface area contributed by atoms with Crippen LogP contribution in [0.1, 0.15) is 239 Å². The Balaban J connectivity index is 5.45. The number of likely N-dealkylation sites (N-methyl/N-ethyl adjacent to an activating group) is 1. The van der Waals surface area contributed by atoms with E-state index in [1.807, 2.05) is 39.4 Å². The zero-order chi connectivity index (χ0) is 52.2. The maximum Gasteiger partial charge on any atom is 0.472 e. The summed E-state index contributed by atoms with van der Waals surface area (Å²) in [5, 5.41) is 3.00. The number of esters is 1. The fourth-order valence-corrected chi connectivity index (χ4v) is 8.64. The van der Waals surface area contributed by atoms with E-state index in [0.717, 1.165) is 77.0 Å². The van der Waals surface area contributed by atoms with Gasteiger partial charge in [0.25, 0.3) is 0 Å². The molecule has 0 aliphatic rings. The number of allylic oxidation sites excluding steroid dienone is 13. The Morgan fingerprint density at radius 1 is 0.507 bits per heavy atom. The van der Waals surface area contributed by atoms with E-state index in [-0.39, 0.29) is 37.9 Å². The van der Waals surface area contributed by atoms with Crippen molar-refractivity contribution in [3.05, 3.63) is 85.1 Å². The number of rotatable bonds is 51. The molecule has 0 spiro atoms. The van der Waals surface area contributed by atoms with Crippen LogP contribution in [0, 0.1) is 0 Å². The Morgan fingerprint density at radius 3 is 1.35 bits per heavy atom. The van der Waals surface area contributed by atoms with E-state index in [4.69, 9.17) is 13.8 Å². The minimum atomic E-state index is -4.47. The van der Waals surface area contributed by atoms with Crippen LogP contribution in [0.2, 0.25) is 0 Å². The third-order valence-corrected chi connectivity index (χ3v) is 13.3. The molecule has 1 amide bonds. The lowest BCUT2D eigenvalue weighted by Crippen LogP contribution is -2.47. The largest absolute Gasteiger partial charge is 0.472 e. The van der Waals surface area contributed by atoms with E-state index in [1.54, 1.807) is 0 Å². The smallest absolute Gasteiger partial charge is 0.456 e. The Labute approximate surface area is 437 Å². The van der Waals surface area contributed by atoms with Gasteiger partial charge < -0.3 is 19.4 Å². The third kappa shape index (κ3) is 51.9. The Hall–Kier alpha value is -2.81. The summed E-state index contributed by atoms with van der Waals surface area (Å²) >= 11 is 0. The molecule has 0 fully saturated rings. The molecule has 0 aromatic heterocycles. The van der Waals surface area contributed by atoms with Gasteiger partial charge in [-0.3, -0.25) is 18.6 Å². The van der Waals surface area contributed by atoms with E-state index in [2.05, 4.69) is 92.9 Å². The molecular formula is C61H110N2O7P+. The summed E-state index contributed by atoms with van der Waals surface area (Å²) in [6, 6.07) is -0.889. The van der Waals surface area contributed by atoms with Gasteiger partial charge in [0.05, 0.1) is 33.8 Å². The van der Waals surface area contributed by atoms with Gasteiger partial charge in [-0.15, -0.1) is 0 Å². The molecule has 2 N–H and O–H groups in total. The third-order valence-electron chi connectivity index (χ3n) is 12.4. The Bertz CT molecular complexity index is 1490. The summed E-state index contributed by atoms with van der Waals surface area (Å²) in [6.07, 6.45) is 65.9. The quantitative estimate of drug-likeness (QED) is 0.0205. The maximum absolute atomic E-state index is 13.5. The second kappa shape index (κ2) is 50.7. The first-order chi connectivity index (χ1) is 34.4. The molecule has 0 aliphatic carbocycles. The predicted molar refractivity (Wildman–Crippen MR) is 304 cm³/mol. The second-order valence-electron chi connectivity index (χ2n) is 20.4. The van der Waals surface area contributed by atoms with Crippen LogP contribution in [0.5, 0.6) is 0 Å². The number of ether oxygens (including phenoxy) is 1. The van der Waals surface area contributed by atoms with E-state index in [9.17, 15) is 19.0 Å². The van der Waals surface area contributed by atoms with Gasteiger partial charge in [-0.25, -0.2) is 4.57 Å². The van der Waals surface area contributed by atoms with Crippen molar-refractivity contribution >= 4 is 19.7 Å². The molecule has 0 aromatic carbocycles. The van der Waals surface area contributed by atoms with Crippen molar-refractivity contribution < 1.29 is 37.3 Å². The summed E-state index contributed by atoms with van der Waals surface area (Å²) in [7, 11) is 1.44. The fraction of sp³-hybridized carbons (Fsp3) is 0.738. The molecule has 0 radical (unpaired) electrons. The zero-order valence-corrected chi connectivity index (χ0v) is 47.6. The number of unbranched alkanes of at least 4 members (excludes halogenated alkanes) is 23. The molecule has 71 heavy (non-hydrogen) atoms. The molecule has 0 saturated carbocycles. The van der Waals surface area contributed by atoms with Crippen molar-refractivity contribution in [2.45, 2.75) is 251 Å². The van der Waals surface area contributed by atoms with Crippen molar-refractivity contribution in [1.29, 1.82) is 0 Å². The number of quaternary nitrogens is 1. The van der Waals surface area contributed by atoms with Gasteiger partial charge in [0.2, 0.25) is 5.91 Å². The lowest BCUT2D eigenvalue weighted by atomic mass is 10.0. The summed E-state index contributed by atoms with van der Waals surface area (Å²) in [5.74, 6) is -0.603. The summed E-state index contributed by atoms with van der Waals surface area (Å²) in [6.45, 7) is 6.83. The number of carbonyl (C=O) groups is 2. The standard InChI is InChI=1S/C61H109N2O7P/c1-7-10-13-16-19-22-25-28-30-31-32-33-34-35-38-41-44-47-50-53-60(64)62-58(57-69-71(66,67)68-56-55-63(4,5)6)59(52-49-46-43-40-37-27-24-21-18-15-12-9-3)70-61(65)54-51-48-45-42-39-36-29-26-23-20-17-14-11-8-2/h10,13,19,22,28,30,32-33,35,38,44,47,49,52,58-59H,7-9,11-12,14-18,20-21,23-27,29,31,34,36-37,39-43,45-46,48,50-51,53-57H2,1-6H3,(H-,62,64,66,67)/p+1/b13-10-,22-19-,30-28-,33-32-,38-35-,47-44-,52-49-. The topological polar surface area (TPSA) is 111 Å². The van der Waals surface area contributed by atoms with Gasteiger partial charge in [0.15, 0.2) is 0 Å². The lowest BCUT2D eigenvalue weighted by molar-refractivity contribution is -0.870. The molecule has 0 heterocycles. The monoisotopic (exact) mass is 1010 g/mol. The van der Waals surface area contributed by atoms with Crippen LogP contribution >= 0.6 is 7.82 Å². The average molecular weight is 1010 g/mol. The number of hydrogen-bond acceptors (Lipinski definition) is 6. The van der Waals surface area contributed by atoms with Crippen LogP contribution in [-0.4, -0.2) is 74.3 Å². The summed E-state index contributed by atoms with van der Waals surface area (Å²) < 4.78 is 30.6. The summed E-state index contributed by atoms with van der Waals surface area (Å²) in [5.41, 5.74) is 0.